The Labute approximate surface area is 130 Å². The number of nitrogens with zero attached hydrogens (tertiary/aromatic N) is 1. The van der Waals surface area contributed by atoms with Crippen LogP contribution in [0.5, 0.6) is 11.5 Å². The highest BCUT2D eigenvalue weighted by atomic mass is 16.5. The van der Waals surface area contributed by atoms with Crippen LogP contribution in [0.1, 0.15) is 11.3 Å². The molecule has 3 heteroatoms. The van der Waals surface area contributed by atoms with E-state index in [0.717, 1.165) is 29.3 Å². The van der Waals surface area contributed by atoms with Crippen molar-refractivity contribution in [3.8, 4) is 11.5 Å². The molecule has 0 aliphatic carbocycles. The van der Waals surface area contributed by atoms with Crippen LogP contribution in [-0.2, 0) is 6.54 Å². The van der Waals surface area contributed by atoms with E-state index in [-0.39, 0.29) is 0 Å². The molecule has 112 valence electrons. The highest BCUT2D eigenvalue weighted by molar-refractivity contribution is 5.83. The van der Waals surface area contributed by atoms with Gasteiger partial charge in [-0.25, -0.2) is 0 Å². The van der Waals surface area contributed by atoms with Crippen LogP contribution in [0.25, 0.3) is 17.0 Å². The van der Waals surface area contributed by atoms with Crippen molar-refractivity contribution in [3.05, 3.63) is 66.4 Å². The number of ether oxygens (including phenoxy) is 2. The lowest BCUT2D eigenvalue weighted by atomic mass is 10.2. The molecule has 0 atom stereocenters. The SMILES string of the molecule is C=Cc1cc2ccccc2n1Cc1ccc(OC)c(OC)c1. The fourth-order valence-electron chi connectivity index (χ4n) is 2.74. The molecule has 0 fully saturated rings. The first-order valence-electron chi connectivity index (χ1n) is 7.18. The first-order valence-corrected chi connectivity index (χ1v) is 7.18. The molecule has 3 aromatic rings. The lowest BCUT2D eigenvalue weighted by Gasteiger charge is -2.12. The van der Waals surface area contributed by atoms with Crippen LogP contribution in [0.3, 0.4) is 0 Å². The molecule has 0 bridgehead atoms. The van der Waals surface area contributed by atoms with Crippen molar-refractivity contribution in [2.45, 2.75) is 6.54 Å². The van der Waals surface area contributed by atoms with Gasteiger partial charge in [-0.15, -0.1) is 0 Å². The minimum Gasteiger partial charge on any atom is -0.493 e. The third-order valence-corrected chi connectivity index (χ3v) is 3.84. The number of hydrogen-bond acceptors (Lipinski definition) is 2. The van der Waals surface area contributed by atoms with E-state index in [1.807, 2.05) is 18.2 Å². The van der Waals surface area contributed by atoms with Crippen molar-refractivity contribution < 1.29 is 9.47 Å². The smallest absolute Gasteiger partial charge is 0.161 e. The summed E-state index contributed by atoms with van der Waals surface area (Å²) < 4.78 is 12.9. The molecule has 1 heterocycles. The van der Waals surface area contributed by atoms with Crippen molar-refractivity contribution in [2.75, 3.05) is 14.2 Å². The van der Waals surface area contributed by atoms with Crippen LogP contribution in [-0.4, -0.2) is 18.8 Å². The third-order valence-electron chi connectivity index (χ3n) is 3.84. The number of methoxy groups -OCH3 is 2. The van der Waals surface area contributed by atoms with Gasteiger partial charge in [0.05, 0.1) is 14.2 Å². The summed E-state index contributed by atoms with van der Waals surface area (Å²) in [6.45, 7) is 4.68. The summed E-state index contributed by atoms with van der Waals surface area (Å²) >= 11 is 0. The Kier molecular flexibility index (Phi) is 3.88. The van der Waals surface area contributed by atoms with Gasteiger partial charge in [0.1, 0.15) is 0 Å². The normalized spacial score (nSPS) is 10.6. The molecule has 0 saturated carbocycles. The third kappa shape index (κ3) is 2.46. The molecule has 0 spiro atoms. The van der Waals surface area contributed by atoms with Gasteiger partial charge in [-0.05, 0) is 35.9 Å². The lowest BCUT2D eigenvalue weighted by Crippen LogP contribution is -2.02. The Hall–Kier alpha value is -2.68. The van der Waals surface area contributed by atoms with Crippen LogP contribution in [0.15, 0.2) is 55.1 Å². The zero-order chi connectivity index (χ0) is 15.5. The molecule has 0 unspecified atom stereocenters. The molecule has 2 aromatic carbocycles. The van der Waals surface area contributed by atoms with E-state index in [1.165, 1.54) is 10.9 Å². The van der Waals surface area contributed by atoms with Gasteiger partial charge in [0.15, 0.2) is 11.5 Å². The molecule has 0 amide bonds. The van der Waals surface area contributed by atoms with E-state index < -0.39 is 0 Å². The second-order valence-corrected chi connectivity index (χ2v) is 5.11. The molecule has 22 heavy (non-hydrogen) atoms. The first-order chi connectivity index (χ1) is 10.8. The molecule has 0 N–H and O–H groups in total. The number of aromatic nitrogens is 1. The summed E-state index contributed by atoms with van der Waals surface area (Å²) in [5.41, 5.74) is 3.46. The molecule has 0 radical (unpaired) electrons. The zero-order valence-electron chi connectivity index (χ0n) is 12.9. The molecule has 3 nitrogen and oxygen atoms in total. The monoisotopic (exact) mass is 293 g/mol. The van der Waals surface area contributed by atoms with Crippen molar-refractivity contribution in [1.82, 2.24) is 4.57 Å². The predicted molar refractivity (Wildman–Crippen MR) is 90.7 cm³/mol. The number of hydrogen-bond donors (Lipinski definition) is 0. The van der Waals surface area contributed by atoms with Crippen LogP contribution in [0.4, 0.5) is 0 Å². The summed E-state index contributed by atoms with van der Waals surface area (Å²) in [6.07, 6.45) is 1.89. The highest BCUT2D eigenvalue weighted by Gasteiger charge is 2.09. The number of para-hydroxylation sites is 1. The number of benzene rings is 2. The molecule has 1 aromatic heterocycles. The number of rotatable bonds is 5. The predicted octanol–water partition coefficient (Wildman–Crippen LogP) is 4.35. The van der Waals surface area contributed by atoms with Gasteiger partial charge in [-0.1, -0.05) is 30.8 Å². The van der Waals surface area contributed by atoms with Gasteiger partial charge in [0.25, 0.3) is 0 Å². The van der Waals surface area contributed by atoms with Gasteiger partial charge in [0.2, 0.25) is 0 Å². The van der Waals surface area contributed by atoms with Gasteiger partial charge in [0, 0.05) is 23.1 Å². The van der Waals surface area contributed by atoms with Gasteiger partial charge in [-0.3, -0.25) is 0 Å². The topological polar surface area (TPSA) is 23.4 Å². The Morgan fingerprint density at radius 3 is 2.50 bits per heavy atom. The van der Waals surface area contributed by atoms with Crippen molar-refractivity contribution in [1.29, 1.82) is 0 Å². The van der Waals surface area contributed by atoms with Gasteiger partial charge in [-0.2, -0.15) is 0 Å². The lowest BCUT2D eigenvalue weighted by molar-refractivity contribution is 0.354. The quantitative estimate of drug-likeness (QED) is 0.698. The molecule has 0 aliphatic heterocycles. The maximum atomic E-state index is 5.39. The van der Waals surface area contributed by atoms with E-state index in [1.54, 1.807) is 14.2 Å². The zero-order valence-corrected chi connectivity index (χ0v) is 12.9. The molecule has 3 rings (SSSR count). The first kappa shape index (κ1) is 14.3. The molecular weight excluding hydrogens is 274 g/mol. The Bertz CT molecular complexity index is 817. The number of fused-ring (bicyclic) bond motifs is 1. The Morgan fingerprint density at radius 2 is 1.77 bits per heavy atom. The maximum absolute atomic E-state index is 5.39. The summed E-state index contributed by atoms with van der Waals surface area (Å²) in [5.74, 6) is 1.49. The minimum atomic E-state index is 0.743. The standard InChI is InChI=1S/C19H19NO2/c1-4-16-12-15-7-5-6-8-17(15)20(16)13-14-9-10-18(21-2)19(11-14)22-3/h4-12H,1,13H2,2-3H3. The van der Waals surface area contributed by atoms with E-state index in [4.69, 9.17) is 9.47 Å². The average molecular weight is 293 g/mol. The highest BCUT2D eigenvalue weighted by Crippen LogP contribution is 2.29. The second-order valence-electron chi connectivity index (χ2n) is 5.11. The van der Waals surface area contributed by atoms with Gasteiger partial charge < -0.3 is 14.0 Å². The van der Waals surface area contributed by atoms with E-state index in [2.05, 4.69) is 47.5 Å². The summed E-state index contributed by atoms with van der Waals surface area (Å²) in [5, 5.41) is 1.22. The van der Waals surface area contributed by atoms with Gasteiger partial charge >= 0.3 is 0 Å². The minimum absolute atomic E-state index is 0.743. The van der Waals surface area contributed by atoms with E-state index in [9.17, 15) is 0 Å². The fraction of sp³-hybridized carbons (Fsp3) is 0.158. The maximum Gasteiger partial charge on any atom is 0.161 e. The van der Waals surface area contributed by atoms with Crippen molar-refractivity contribution in [2.24, 2.45) is 0 Å². The summed E-state index contributed by atoms with van der Waals surface area (Å²) in [6, 6.07) is 16.5. The largest absolute Gasteiger partial charge is 0.493 e. The van der Waals surface area contributed by atoms with Crippen LogP contribution < -0.4 is 9.47 Å². The Balaban J connectivity index is 2.04. The van der Waals surface area contributed by atoms with Crippen LogP contribution in [0, 0.1) is 0 Å². The molecule has 0 saturated heterocycles. The molecule has 0 aliphatic rings. The average Bonchev–Trinajstić information content (AvgIpc) is 2.92. The summed E-state index contributed by atoms with van der Waals surface area (Å²) in [7, 11) is 3.30. The van der Waals surface area contributed by atoms with Crippen LogP contribution in [0.2, 0.25) is 0 Å². The Morgan fingerprint density at radius 1 is 1.00 bits per heavy atom. The van der Waals surface area contributed by atoms with Crippen molar-refractivity contribution >= 4 is 17.0 Å². The second kappa shape index (κ2) is 5.98. The van der Waals surface area contributed by atoms with Crippen LogP contribution >= 0.6 is 0 Å². The van der Waals surface area contributed by atoms with E-state index in [0.29, 0.717) is 0 Å². The fourth-order valence-corrected chi connectivity index (χ4v) is 2.74. The van der Waals surface area contributed by atoms with E-state index >= 15 is 0 Å². The molecular formula is C19H19NO2. The van der Waals surface area contributed by atoms with Crippen molar-refractivity contribution in [3.63, 3.8) is 0 Å². The summed E-state index contributed by atoms with van der Waals surface area (Å²) in [4.78, 5) is 0.